The lowest BCUT2D eigenvalue weighted by molar-refractivity contribution is 0.0944. The highest BCUT2D eigenvalue weighted by Crippen LogP contribution is 2.16. The molecule has 0 bridgehead atoms. The summed E-state index contributed by atoms with van der Waals surface area (Å²) in [5, 5.41) is 3.28. The Bertz CT molecular complexity index is 1240. The number of rotatable bonds is 5. The molecule has 2 N–H and O–H groups in total. The van der Waals surface area contributed by atoms with Crippen LogP contribution in [-0.2, 0) is 0 Å². The first-order valence-electron chi connectivity index (χ1n) is 10.5. The maximum Gasteiger partial charge on any atom is 0.266 e. The van der Waals surface area contributed by atoms with E-state index < -0.39 is 11.4 Å². The van der Waals surface area contributed by atoms with E-state index in [4.69, 9.17) is 12.2 Å². The number of piperidine rings is 1. The molecule has 1 saturated heterocycles. The van der Waals surface area contributed by atoms with Crippen molar-refractivity contribution < 1.29 is 9.18 Å². The number of nitrogens with zero attached hydrogens (tertiary/aromatic N) is 2. The van der Waals surface area contributed by atoms with Crippen molar-refractivity contribution in [1.29, 1.82) is 0 Å². The summed E-state index contributed by atoms with van der Waals surface area (Å²) < 4.78 is 15.4. The Labute approximate surface area is 184 Å². The molecule has 3 aromatic rings. The zero-order valence-electron chi connectivity index (χ0n) is 17.4. The molecule has 2 aromatic carbocycles. The summed E-state index contributed by atoms with van der Waals surface area (Å²) in [6.07, 6.45) is 2.46. The molecule has 1 amide bonds. The van der Waals surface area contributed by atoms with Gasteiger partial charge in [-0.25, -0.2) is 8.96 Å². The fraction of sp³-hybridized carbons (Fsp3) is 0.348. The fourth-order valence-electron chi connectivity index (χ4n) is 4.13. The standard InChI is InChI=1S/C23H25FN4O2S/c1-15-5-4-11-27(14-15)12-10-25-21(29)16-8-9-17-19(13-16)26-23(31)28(22(17)30)20-7-3-2-6-18(20)24/h2-3,6-9,13,15H,4-5,10-12,14H2,1H3,(H,25,29)(H,26,31). The highest BCUT2D eigenvalue weighted by atomic mass is 32.1. The molecule has 162 valence electrons. The van der Waals surface area contributed by atoms with Crippen molar-refractivity contribution in [1.82, 2.24) is 19.8 Å². The Morgan fingerprint density at radius 3 is 2.87 bits per heavy atom. The van der Waals surface area contributed by atoms with Gasteiger partial charge >= 0.3 is 0 Å². The SMILES string of the molecule is CC1CCCN(CCNC(=O)c2ccc3c(=O)n(-c4ccccc4F)c(=S)[nH]c3c2)C1. The van der Waals surface area contributed by atoms with E-state index in [0.717, 1.165) is 24.2 Å². The summed E-state index contributed by atoms with van der Waals surface area (Å²) in [5.74, 6) is -0.0476. The quantitative estimate of drug-likeness (QED) is 0.594. The number of carbonyl (C=O) groups is 1. The lowest BCUT2D eigenvalue weighted by Crippen LogP contribution is -2.40. The number of benzene rings is 2. The summed E-state index contributed by atoms with van der Waals surface area (Å²) in [6.45, 7) is 5.77. The lowest BCUT2D eigenvalue weighted by Gasteiger charge is -2.30. The summed E-state index contributed by atoms with van der Waals surface area (Å²) in [5.41, 5.74) is 0.535. The van der Waals surface area contributed by atoms with Crippen LogP contribution in [0.3, 0.4) is 0 Å². The van der Waals surface area contributed by atoms with Gasteiger partial charge in [-0.3, -0.25) is 9.59 Å². The first kappa shape index (κ1) is 21.4. The van der Waals surface area contributed by atoms with Crippen LogP contribution >= 0.6 is 12.2 Å². The van der Waals surface area contributed by atoms with Gasteiger partial charge in [0.2, 0.25) is 0 Å². The molecule has 1 unspecified atom stereocenters. The molecule has 31 heavy (non-hydrogen) atoms. The van der Waals surface area contributed by atoms with Gasteiger partial charge in [0.05, 0.1) is 16.6 Å². The maximum absolute atomic E-state index is 14.2. The second-order valence-corrected chi connectivity index (χ2v) is 8.47. The van der Waals surface area contributed by atoms with Crippen molar-refractivity contribution in [3.63, 3.8) is 0 Å². The predicted molar refractivity (Wildman–Crippen MR) is 122 cm³/mol. The second-order valence-electron chi connectivity index (χ2n) is 8.09. The van der Waals surface area contributed by atoms with Gasteiger partial charge in [-0.05, 0) is 67.9 Å². The summed E-state index contributed by atoms with van der Waals surface area (Å²) >= 11 is 5.30. The Morgan fingerprint density at radius 1 is 1.29 bits per heavy atom. The number of hydrogen-bond acceptors (Lipinski definition) is 4. The van der Waals surface area contributed by atoms with Gasteiger partial charge in [-0.1, -0.05) is 19.1 Å². The van der Waals surface area contributed by atoms with Crippen LogP contribution < -0.4 is 10.9 Å². The third-order valence-electron chi connectivity index (χ3n) is 5.71. The molecule has 2 heterocycles. The zero-order valence-corrected chi connectivity index (χ0v) is 18.2. The molecule has 1 aromatic heterocycles. The predicted octanol–water partition coefficient (Wildman–Crippen LogP) is 3.65. The van der Waals surface area contributed by atoms with E-state index in [0.29, 0.717) is 28.9 Å². The zero-order chi connectivity index (χ0) is 22.0. The Hall–Kier alpha value is -2.84. The molecular formula is C23H25FN4O2S. The first-order valence-corrected chi connectivity index (χ1v) is 10.9. The third kappa shape index (κ3) is 4.60. The molecule has 1 fully saturated rings. The van der Waals surface area contributed by atoms with Crippen LogP contribution in [0.5, 0.6) is 0 Å². The number of aromatic nitrogens is 2. The molecule has 4 rings (SSSR count). The van der Waals surface area contributed by atoms with Crippen molar-refractivity contribution in [3.05, 3.63) is 69.0 Å². The van der Waals surface area contributed by atoms with Gasteiger partial charge in [0.25, 0.3) is 11.5 Å². The van der Waals surface area contributed by atoms with Crippen LogP contribution in [0.25, 0.3) is 16.6 Å². The number of fused-ring (bicyclic) bond motifs is 1. The molecule has 6 nitrogen and oxygen atoms in total. The molecule has 1 aliphatic heterocycles. The van der Waals surface area contributed by atoms with Crippen LogP contribution in [0.2, 0.25) is 0 Å². The summed E-state index contributed by atoms with van der Waals surface area (Å²) in [4.78, 5) is 30.9. The second kappa shape index (κ2) is 9.11. The average molecular weight is 441 g/mol. The Morgan fingerprint density at radius 2 is 2.10 bits per heavy atom. The van der Waals surface area contributed by atoms with Crippen LogP contribution in [0.4, 0.5) is 4.39 Å². The number of aromatic amines is 1. The van der Waals surface area contributed by atoms with E-state index in [1.807, 2.05) is 0 Å². The normalized spacial score (nSPS) is 17.0. The van der Waals surface area contributed by atoms with Gasteiger partial charge < -0.3 is 15.2 Å². The number of amides is 1. The molecule has 0 spiro atoms. The van der Waals surface area contributed by atoms with E-state index in [1.54, 1.807) is 30.3 Å². The molecule has 0 radical (unpaired) electrons. The fourth-order valence-corrected chi connectivity index (χ4v) is 4.42. The minimum absolute atomic E-state index is 0.0689. The molecule has 0 saturated carbocycles. The van der Waals surface area contributed by atoms with Crippen LogP contribution in [0.1, 0.15) is 30.1 Å². The average Bonchev–Trinajstić information content (AvgIpc) is 2.74. The Kier molecular flexibility index (Phi) is 6.29. The van der Waals surface area contributed by atoms with Gasteiger partial charge in [0, 0.05) is 25.2 Å². The minimum atomic E-state index is -0.539. The monoisotopic (exact) mass is 440 g/mol. The van der Waals surface area contributed by atoms with Gasteiger partial charge in [0.15, 0.2) is 4.77 Å². The lowest BCUT2D eigenvalue weighted by atomic mass is 10.0. The summed E-state index contributed by atoms with van der Waals surface area (Å²) in [7, 11) is 0. The van der Waals surface area contributed by atoms with Crippen molar-refractivity contribution in [2.45, 2.75) is 19.8 Å². The van der Waals surface area contributed by atoms with Crippen LogP contribution in [-0.4, -0.2) is 46.5 Å². The third-order valence-corrected chi connectivity index (χ3v) is 5.99. The molecule has 1 aliphatic rings. The van der Waals surface area contributed by atoms with Gasteiger partial charge in [-0.2, -0.15) is 0 Å². The number of halogens is 1. The van der Waals surface area contributed by atoms with E-state index in [9.17, 15) is 14.0 Å². The number of para-hydroxylation sites is 1. The molecular weight excluding hydrogens is 415 g/mol. The van der Waals surface area contributed by atoms with E-state index in [2.05, 4.69) is 22.1 Å². The first-order chi connectivity index (χ1) is 14.9. The maximum atomic E-state index is 14.2. The highest BCUT2D eigenvalue weighted by molar-refractivity contribution is 7.71. The number of likely N-dealkylation sites (tertiary alicyclic amines) is 1. The molecule has 8 heteroatoms. The highest BCUT2D eigenvalue weighted by Gasteiger charge is 2.17. The molecule has 0 aliphatic carbocycles. The largest absolute Gasteiger partial charge is 0.351 e. The van der Waals surface area contributed by atoms with Crippen molar-refractivity contribution in [3.8, 4) is 5.69 Å². The number of H-pyrrole nitrogens is 1. The number of nitrogens with one attached hydrogen (secondary N) is 2. The van der Waals surface area contributed by atoms with Gasteiger partial charge in [-0.15, -0.1) is 0 Å². The van der Waals surface area contributed by atoms with E-state index >= 15 is 0 Å². The summed E-state index contributed by atoms with van der Waals surface area (Å²) in [6, 6.07) is 10.7. The van der Waals surface area contributed by atoms with Crippen molar-refractivity contribution in [2.24, 2.45) is 5.92 Å². The smallest absolute Gasteiger partial charge is 0.266 e. The van der Waals surface area contributed by atoms with Gasteiger partial charge in [0.1, 0.15) is 5.82 Å². The van der Waals surface area contributed by atoms with Crippen LogP contribution in [0, 0.1) is 16.5 Å². The number of hydrogen-bond donors (Lipinski definition) is 2. The minimum Gasteiger partial charge on any atom is -0.351 e. The van der Waals surface area contributed by atoms with Crippen molar-refractivity contribution in [2.75, 3.05) is 26.2 Å². The Balaban J connectivity index is 1.54. The topological polar surface area (TPSA) is 70.1 Å². The molecule has 1 atom stereocenters. The number of carbonyl (C=O) groups excluding carboxylic acids is 1. The van der Waals surface area contributed by atoms with E-state index in [-0.39, 0.29) is 16.4 Å². The van der Waals surface area contributed by atoms with Crippen molar-refractivity contribution >= 4 is 29.0 Å². The van der Waals surface area contributed by atoms with Crippen LogP contribution in [0.15, 0.2) is 47.3 Å². The van der Waals surface area contributed by atoms with E-state index in [1.165, 1.54) is 25.0 Å².